The summed E-state index contributed by atoms with van der Waals surface area (Å²) in [6.45, 7) is 3.07. The molecule has 1 fully saturated rings. The van der Waals surface area contributed by atoms with Crippen molar-refractivity contribution in [3.8, 4) is 5.75 Å². The Morgan fingerprint density at radius 1 is 1.38 bits per heavy atom. The molecule has 0 amide bonds. The molecule has 0 bridgehead atoms. The Kier molecular flexibility index (Phi) is 3.41. The molecule has 1 aliphatic rings. The van der Waals surface area contributed by atoms with E-state index in [4.69, 9.17) is 14.2 Å². The highest BCUT2D eigenvalue weighted by Crippen LogP contribution is 2.14. The summed E-state index contributed by atoms with van der Waals surface area (Å²) in [7, 11) is 0. The second-order valence-electron chi connectivity index (χ2n) is 3.77. The first-order valence-corrected chi connectivity index (χ1v) is 5.27. The van der Waals surface area contributed by atoms with E-state index < -0.39 is 6.16 Å². The van der Waals surface area contributed by atoms with Gasteiger partial charge in [0, 0.05) is 6.42 Å². The molecule has 1 atom stereocenters. The van der Waals surface area contributed by atoms with Crippen molar-refractivity contribution in [1.82, 2.24) is 0 Å². The van der Waals surface area contributed by atoms with Gasteiger partial charge in [-0.3, -0.25) is 0 Å². The number of carbonyl (C=O) groups excluding carboxylic acids is 1. The lowest BCUT2D eigenvalue weighted by Gasteiger charge is -2.09. The summed E-state index contributed by atoms with van der Waals surface area (Å²) in [5, 5.41) is 0. The fourth-order valence-electron chi connectivity index (χ4n) is 1.47. The van der Waals surface area contributed by atoms with E-state index in [1.165, 1.54) is 0 Å². The van der Waals surface area contributed by atoms with E-state index in [2.05, 4.69) is 0 Å². The number of ether oxygens (including phenoxy) is 3. The first kappa shape index (κ1) is 11.0. The van der Waals surface area contributed by atoms with Gasteiger partial charge in [0.1, 0.15) is 11.9 Å². The molecule has 1 aromatic carbocycles. The molecular weight excluding hydrogens is 208 g/mol. The fourth-order valence-corrected chi connectivity index (χ4v) is 1.47. The van der Waals surface area contributed by atoms with Crippen molar-refractivity contribution >= 4 is 6.16 Å². The van der Waals surface area contributed by atoms with Gasteiger partial charge in [0.15, 0.2) is 0 Å². The summed E-state index contributed by atoms with van der Waals surface area (Å²) in [5.74, 6) is 0.495. The number of carbonyl (C=O) groups is 1. The smallest absolute Gasteiger partial charge is 0.428 e. The highest BCUT2D eigenvalue weighted by Gasteiger charge is 2.20. The molecule has 4 nitrogen and oxygen atoms in total. The topological polar surface area (TPSA) is 44.8 Å². The third-order valence-corrected chi connectivity index (χ3v) is 2.37. The standard InChI is InChI=1S/C12H14O4/c1-9-2-4-10(5-3-9)15-12(13)16-11-6-7-14-8-11/h2-5,11H,6-8H2,1H3. The van der Waals surface area contributed by atoms with Gasteiger partial charge in [0.2, 0.25) is 0 Å². The summed E-state index contributed by atoms with van der Waals surface area (Å²) in [5.41, 5.74) is 1.12. The highest BCUT2D eigenvalue weighted by molar-refractivity contribution is 5.64. The Bertz CT molecular complexity index is 352. The van der Waals surface area contributed by atoms with Crippen molar-refractivity contribution in [2.45, 2.75) is 19.4 Å². The maximum Gasteiger partial charge on any atom is 0.514 e. The zero-order valence-corrected chi connectivity index (χ0v) is 9.14. The molecule has 0 aromatic heterocycles. The van der Waals surface area contributed by atoms with E-state index in [1.54, 1.807) is 12.1 Å². The van der Waals surface area contributed by atoms with Crippen molar-refractivity contribution in [1.29, 1.82) is 0 Å². The Morgan fingerprint density at radius 2 is 2.12 bits per heavy atom. The molecule has 0 spiro atoms. The van der Waals surface area contributed by atoms with Crippen molar-refractivity contribution in [2.24, 2.45) is 0 Å². The van der Waals surface area contributed by atoms with Gasteiger partial charge in [-0.25, -0.2) is 4.79 Å². The number of rotatable bonds is 2. The molecule has 0 saturated carbocycles. The van der Waals surface area contributed by atoms with Crippen molar-refractivity contribution < 1.29 is 19.0 Å². The minimum atomic E-state index is -0.667. The summed E-state index contributed by atoms with van der Waals surface area (Å²) < 4.78 is 15.2. The predicted octanol–water partition coefficient (Wildman–Crippen LogP) is 2.30. The van der Waals surface area contributed by atoms with Crippen LogP contribution in [0.3, 0.4) is 0 Å². The molecular formula is C12H14O4. The second kappa shape index (κ2) is 4.99. The van der Waals surface area contributed by atoms with Gasteiger partial charge in [-0.15, -0.1) is 0 Å². The van der Waals surface area contributed by atoms with Gasteiger partial charge in [0.25, 0.3) is 0 Å². The van der Waals surface area contributed by atoms with Crippen LogP contribution in [0.1, 0.15) is 12.0 Å². The third-order valence-electron chi connectivity index (χ3n) is 2.37. The van der Waals surface area contributed by atoms with Gasteiger partial charge in [-0.1, -0.05) is 17.7 Å². The van der Waals surface area contributed by atoms with Gasteiger partial charge < -0.3 is 14.2 Å². The van der Waals surface area contributed by atoms with Crippen LogP contribution >= 0.6 is 0 Å². The van der Waals surface area contributed by atoms with Crippen LogP contribution in [0.2, 0.25) is 0 Å². The highest BCUT2D eigenvalue weighted by atomic mass is 16.7. The molecule has 1 heterocycles. The maximum atomic E-state index is 11.4. The average molecular weight is 222 g/mol. The SMILES string of the molecule is Cc1ccc(OC(=O)OC2CCOC2)cc1. The van der Waals surface area contributed by atoms with E-state index in [1.807, 2.05) is 19.1 Å². The molecule has 1 saturated heterocycles. The Labute approximate surface area is 94.1 Å². The lowest BCUT2D eigenvalue weighted by Crippen LogP contribution is -2.20. The minimum Gasteiger partial charge on any atom is -0.428 e. The lowest BCUT2D eigenvalue weighted by atomic mass is 10.2. The number of aryl methyl sites for hydroxylation is 1. The zero-order valence-electron chi connectivity index (χ0n) is 9.14. The first-order chi connectivity index (χ1) is 7.74. The normalized spacial score (nSPS) is 19.4. The predicted molar refractivity (Wildman–Crippen MR) is 57.5 cm³/mol. The first-order valence-electron chi connectivity index (χ1n) is 5.27. The third kappa shape index (κ3) is 2.97. The number of benzene rings is 1. The molecule has 0 aliphatic carbocycles. The van der Waals surface area contributed by atoms with E-state index in [9.17, 15) is 4.79 Å². The van der Waals surface area contributed by atoms with E-state index in [0.717, 1.165) is 12.0 Å². The zero-order chi connectivity index (χ0) is 11.4. The molecule has 2 rings (SSSR count). The van der Waals surface area contributed by atoms with Gasteiger partial charge in [-0.2, -0.15) is 0 Å². The van der Waals surface area contributed by atoms with Gasteiger partial charge >= 0.3 is 6.16 Å². The summed E-state index contributed by atoms with van der Waals surface area (Å²) in [6, 6.07) is 7.23. The minimum absolute atomic E-state index is 0.169. The molecule has 1 aliphatic heterocycles. The van der Waals surface area contributed by atoms with Crippen LogP contribution in [0.15, 0.2) is 24.3 Å². The van der Waals surface area contributed by atoms with Crippen LogP contribution in [0.4, 0.5) is 4.79 Å². The van der Waals surface area contributed by atoms with Crippen LogP contribution in [-0.2, 0) is 9.47 Å². The molecule has 0 N–H and O–H groups in total. The Hall–Kier alpha value is -1.55. The van der Waals surface area contributed by atoms with E-state index >= 15 is 0 Å². The maximum absolute atomic E-state index is 11.4. The van der Waals surface area contributed by atoms with Gasteiger partial charge in [0.05, 0.1) is 13.2 Å². The lowest BCUT2D eigenvalue weighted by molar-refractivity contribution is 0.0507. The molecule has 16 heavy (non-hydrogen) atoms. The van der Waals surface area contributed by atoms with Crippen LogP contribution in [0.5, 0.6) is 5.75 Å². The molecule has 0 radical (unpaired) electrons. The van der Waals surface area contributed by atoms with E-state index in [0.29, 0.717) is 19.0 Å². The van der Waals surface area contributed by atoms with Crippen molar-refractivity contribution in [2.75, 3.05) is 13.2 Å². The second-order valence-corrected chi connectivity index (χ2v) is 3.77. The Morgan fingerprint density at radius 3 is 2.75 bits per heavy atom. The number of hydrogen-bond acceptors (Lipinski definition) is 4. The van der Waals surface area contributed by atoms with Crippen LogP contribution < -0.4 is 4.74 Å². The van der Waals surface area contributed by atoms with Crippen molar-refractivity contribution in [3.05, 3.63) is 29.8 Å². The van der Waals surface area contributed by atoms with E-state index in [-0.39, 0.29) is 6.10 Å². The fraction of sp³-hybridized carbons (Fsp3) is 0.417. The van der Waals surface area contributed by atoms with Crippen molar-refractivity contribution in [3.63, 3.8) is 0 Å². The average Bonchev–Trinajstić information content (AvgIpc) is 2.74. The largest absolute Gasteiger partial charge is 0.514 e. The quantitative estimate of drug-likeness (QED) is 0.569. The molecule has 1 unspecified atom stereocenters. The summed E-state index contributed by atoms with van der Waals surface area (Å²) >= 11 is 0. The van der Waals surface area contributed by atoms with Crippen LogP contribution in [0, 0.1) is 6.92 Å². The molecule has 86 valence electrons. The van der Waals surface area contributed by atoms with Crippen LogP contribution in [0.25, 0.3) is 0 Å². The Balaban J connectivity index is 1.84. The summed E-state index contributed by atoms with van der Waals surface area (Å²) in [6.07, 6.45) is -0.0967. The molecule has 1 aromatic rings. The molecule has 4 heteroatoms. The monoisotopic (exact) mass is 222 g/mol. The summed E-state index contributed by atoms with van der Waals surface area (Å²) in [4.78, 5) is 11.4. The van der Waals surface area contributed by atoms with Gasteiger partial charge in [-0.05, 0) is 19.1 Å². The van der Waals surface area contributed by atoms with Crippen LogP contribution in [-0.4, -0.2) is 25.5 Å². The number of hydrogen-bond donors (Lipinski definition) is 0.